The third kappa shape index (κ3) is 4.68. The fraction of sp³-hybridized carbons (Fsp3) is 0.129. The molecule has 0 radical (unpaired) electrons. The molecule has 5 rings (SSSR count). The molecule has 178 valence electrons. The number of hydrogen-bond acceptors (Lipinski definition) is 3. The quantitative estimate of drug-likeness (QED) is 0.301. The molecule has 2 amide bonds. The van der Waals surface area contributed by atoms with E-state index in [0.717, 1.165) is 32.7 Å². The summed E-state index contributed by atoms with van der Waals surface area (Å²) in [5.74, 6) is -0.653. The summed E-state index contributed by atoms with van der Waals surface area (Å²) >= 11 is 0. The summed E-state index contributed by atoms with van der Waals surface area (Å²) in [7, 11) is 0. The Morgan fingerprint density at radius 1 is 0.556 bits per heavy atom. The number of rotatable bonds is 6. The number of carbonyl (C=O) groups is 2. The fourth-order valence-corrected chi connectivity index (χ4v) is 4.64. The molecule has 0 saturated heterocycles. The topological polar surface area (TPSA) is 71.1 Å². The van der Waals surface area contributed by atoms with E-state index in [2.05, 4.69) is 39.9 Å². The maximum atomic E-state index is 13.0. The van der Waals surface area contributed by atoms with Gasteiger partial charge >= 0.3 is 0 Å². The Labute approximate surface area is 210 Å². The highest BCUT2D eigenvalue weighted by Gasteiger charge is 2.18. The lowest BCUT2D eigenvalue weighted by Crippen LogP contribution is -2.30. The van der Waals surface area contributed by atoms with Crippen molar-refractivity contribution in [3.05, 3.63) is 126 Å². The van der Waals surface area contributed by atoms with E-state index in [0.29, 0.717) is 0 Å². The Bertz CT molecular complexity index is 1450. The third-order valence-electron chi connectivity index (χ3n) is 6.49. The molecular formula is C31H27N3O2. The highest BCUT2D eigenvalue weighted by atomic mass is 16.2. The van der Waals surface area contributed by atoms with Crippen LogP contribution in [0.4, 0.5) is 0 Å². The number of fused-ring (bicyclic) bond motifs is 2. The van der Waals surface area contributed by atoms with Gasteiger partial charge in [-0.1, -0.05) is 91.0 Å². The summed E-state index contributed by atoms with van der Waals surface area (Å²) in [5, 5.41) is 10.5. The van der Waals surface area contributed by atoms with Gasteiger partial charge in [-0.2, -0.15) is 0 Å². The second-order valence-corrected chi connectivity index (χ2v) is 8.94. The SMILES string of the molecule is C[C@H](NC(=O)c1cccc(C(=O)N[C@@H](C)c2cccc3ccccc23)n1)c1cccc2ccccc12. The second kappa shape index (κ2) is 10.0. The predicted molar refractivity (Wildman–Crippen MR) is 144 cm³/mol. The Morgan fingerprint density at radius 3 is 1.42 bits per heavy atom. The van der Waals surface area contributed by atoms with Gasteiger partial charge < -0.3 is 10.6 Å². The average molecular weight is 474 g/mol. The zero-order valence-electron chi connectivity index (χ0n) is 20.2. The summed E-state index contributed by atoms with van der Waals surface area (Å²) < 4.78 is 0. The minimum absolute atomic E-state index is 0.201. The Hall–Kier alpha value is -4.51. The van der Waals surface area contributed by atoms with Gasteiger partial charge in [0.2, 0.25) is 0 Å². The normalized spacial score (nSPS) is 12.7. The van der Waals surface area contributed by atoms with E-state index >= 15 is 0 Å². The molecule has 0 saturated carbocycles. The highest BCUT2D eigenvalue weighted by Crippen LogP contribution is 2.25. The lowest BCUT2D eigenvalue weighted by Gasteiger charge is -2.18. The van der Waals surface area contributed by atoms with Crippen molar-refractivity contribution in [1.82, 2.24) is 15.6 Å². The maximum Gasteiger partial charge on any atom is 0.270 e. The number of hydrogen-bond donors (Lipinski definition) is 2. The summed E-state index contributed by atoms with van der Waals surface area (Å²) in [6.45, 7) is 3.89. The molecule has 2 N–H and O–H groups in total. The van der Waals surface area contributed by atoms with Gasteiger partial charge in [-0.05, 0) is 58.7 Å². The molecular weight excluding hydrogens is 446 g/mol. The van der Waals surface area contributed by atoms with Crippen molar-refractivity contribution >= 4 is 33.4 Å². The standard InChI is InChI=1S/C31H27N3O2/c1-20(24-16-7-12-22-10-3-5-14-26(22)24)32-30(35)28-18-9-19-29(34-28)31(36)33-21(2)25-17-8-13-23-11-4-6-15-27(23)25/h3-21H,1-2H3,(H,32,35)(H,33,36)/t20-,21-/m0/s1. The zero-order chi connectivity index (χ0) is 25.1. The Morgan fingerprint density at radius 2 is 0.944 bits per heavy atom. The smallest absolute Gasteiger partial charge is 0.270 e. The van der Waals surface area contributed by atoms with Crippen LogP contribution >= 0.6 is 0 Å². The van der Waals surface area contributed by atoms with Crippen molar-refractivity contribution < 1.29 is 9.59 Å². The number of carbonyl (C=O) groups excluding carboxylic acids is 2. The van der Waals surface area contributed by atoms with Crippen LogP contribution in [0.5, 0.6) is 0 Å². The van der Waals surface area contributed by atoms with Crippen LogP contribution in [0.3, 0.4) is 0 Å². The number of benzene rings is 4. The van der Waals surface area contributed by atoms with Crippen LogP contribution in [0.25, 0.3) is 21.5 Å². The third-order valence-corrected chi connectivity index (χ3v) is 6.49. The molecule has 0 aliphatic rings. The van der Waals surface area contributed by atoms with E-state index in [-0.39, 0.29) is 35.3 Å². The average Bonchev–Trinajstić information content (AvgIpc) is 2.92. The van der Waals surface area contributed by atoms with Crippen molar-refractivity contribution in [3.63, 3.8) is 0 Å². The van der Waals surface area contributed by atoms with E-state index < -0.39 is 0 Å². The van der Waals surface area contributed by atoms with Gasteiger partial charge in [-0.3, -0.25) is 9.59 Å². The van der Waals surface area contributed by atoms with Crippen molar-refractivity contribution in [3.8, 4) is 0 Å². The largest absolute Gasteiger partial charge is 0.344 e. The van der Waals surface area contributed by atoms with Gasteiger partial charge in [0.25, 0.3) is 11.8 Å². The van der Waals surface area contributed by atoms with Crippen molar-refractivity contribution in [2.45, 2.75) is 25.9 Å². The summed E-state index contributed by atoms with van der Waals surface area (Å²) in [6.07, 6.45) is 0. The predicted octanol–water partition coefficient (Wildman–Crippen LogP) is 6.37. The van der Waals surface area contributed by atoms with E-state index in [1.54, 1.807) is 18.2 Å². The monoisotopic (exact) mass is 473 g/mol. The van der Waals surface area contributed by atoms with Crippen LogP contribution < -0.4 is 10.6 Å². The molecule has 0 aliphatic carbocycles. The van der Waals surface area contributed by atoms with Crippen LogP contribution in [-0.4, -0.2) is 16.8 Å². The van der Waals surface area contributed by atoms with E-state index in [1.807, 2.05) is 74.5 Å². The minimum Gasteiger partial charge on any atom is -0.344 e. The van der Waals surface area contributed by atoms with Gasteiger partial charge in [-0.25, -0.2) is 4.98 Å². The van der Waals surface area contributed by atoms with Crippen molar-refractivity contribution in [2.75, 3.05) is 0 Å². The molecule has 5 nitrogen and oxygen atoms in total. The highest BCUT2D eigenvalue weighted by molar-refractivity contribution is 5.97. The van der Waals surface area contributed by atoms with Crippen LogP contribution in [0.1, 0.15) is 58.0 Å². The van der Waals surface area contributed by atoms with Gasteiger partial charge in [0, 0.05) is 0 Å². The molecule has 0 unspecified atom stereocenters. The maximum absolute atomic E-state index is 13.0. The van der Waals surface area contributed by atoms with Crippen molar-refractivity contribution in [1.29, 1.82) is 0 Å². The second-order valence-electron chi connectivity index (χ2n) is 8.94. The van der Waals surface area contributed by atoms with Crippen molar-refractivity contribution in [2.24, 2.45) is 0 Å². The van der Waals surface area contributed by atoms with Gasteiger partial charge in [0.15, 0.2) is 0 Å². The molecule has 5 aromatic rings. The Kier molecular flexibility index (Phi) is 6.46. The first-order valence-corrected chi connectivity index (χ1v) is 12.1. The summed E-state index contributed by atoms with van der Waals surface area (Å²) in [5.41, 5.74) is 2.46. The first kappa shape index (κ1) is 23.2. The van der Waals surface area contributed by atoms with Gasteiger partial charge in [-0.15, -0.1) is 0 Å². The molecule has 1 aromatic heterocycles. The lowest BCUT2D eigenvalue weighted by molar-refractivity contribution is 0.0931. The molecule has 2 atom stereocenters. The number of nitrogens with zero attached hydrogens (tertiary/aromatic N) is 1. The van der Waals surface area contributed by atoms with Gasteiger partial charge in [0.1, 0.15) is 11.4 Å². The molecule has 0 spiro atoms. The molecule has 5 heteroatoms. The lowest BCUT2D eigenvalue weighted by atomic mass is 9.99. The molecule has 36 heavy (non-hydrogen) atoms. The van der Waals surface area contributed by atoms with Crippen LogP contribution in [0.2, 0.25) is 0 Å². The number of amides is 2. The zero-order valence-corrected chi connectivity index (χ0v) is 20.2. The van der Waals surface area contributed by atoms with Crippen LogP contribution in [-0.2, 0) is 0 Å². The van der Waals surface area contributed by atoms with Crippen LogP contribution in [0, 0.1) is 0 Å². The minimum atomic E-state index is -0.327. The molecule has 0 aliphatic heterocycles. The number of aromatic nitrogens is 1. The summed E-state index contributed by atoms with van der Waals surface area (Å²) in [6, 6.07) is 32.7. The molecule has 4 aromatic carbocycles. The van der Waals surface area contributed by atoms with E-state index in [4.69, 9.17) is 0 Å². The Balaban J connectivity index is 1.31. The first-order chi connectivity index (χ1) is 17.5. The van der Waals surface area contributed by atoms with Crippen LogP contribution in [0.15, 0.2) is 103 Å². The fourth-order valence-electron chi connectivity index (χ4n) is 4.64. The molecule has 0 fully saturated rings. The first-order valence-electron chi connectivity index (χ1n) is 12.1. The van der Waals surface area contributed by atoms with E-state index in [1.165, 1.54) is 0 Å². The molecule has 1 heterocycles. The van der Waals surface area contributed by atoms with E-state index in [9.17, 15) is 9.59 Å². The number of nitrogens with one attached hydrogen (secondary N) is 2. The van der Waals surface area contributed by atoms with Gasteiger partial charge in [0.05, 0.1) is 12.1 Å². The number of pyridine rings is 1. The summed E-state index contributed by atoms with van der Waals surface area (Å²) in [4.78, 5) is 30.4. The molecule has 0 bridgehead atoms.